The van der Waals surface area contributed by atoms with Crippen LogP contribution in [0, 0.1) is 0 Å². The normalized spacial score (nSPS) is 13.2. The summed E-state index contributed by atoms with van der Waals surface area (Å²) in [6, 6.07) is 13.5. The number of pyridine rings is 1. The van der Waals surface area contributed by atoms with Crippen molar-refractivity contribution in [2.45, 2.75) is 12.7 Å². The van der Waals surface area contributed by atoms with Crippen LogP contribution in [0.5, 0.6) is 11.6 Å². The zero-order valence-corrected chi connectivity index (χ0v) is 24.1. The quantitative estimate of drug-likeness (QED) is 0.211. The van der Waals surface area contributed by atoms with Crippen LogP contribution in [0.1, 0.15) is 32.2 Å². The smallest absolute Gasteiger partial charge is 0.434 e. The van der Waals surface area contributed by atoms with Crippen LogP contribution in [0.25, 0.3) is 0 Å². The minimum Gasteiger partial charge on any atom is -0.473 e. The minimum absolute atomic E-state index is 0.0683. The predicted molar refractivity (Wildman–Crippen MR) is 154 cm³/mol. The fraction of sp³-hybridized carbons (Fsp3) is 0.207. The lowest BCUT2D eigenvalue weighted by atomic mass is 10.1. The Balaban J connectivity index is 0.000000762. The van der Waals surface area contributed by atoms with Gasteiger partial charge in [0.15, 0.2) is 0 Å². The lowest BCUT2D eigenvalue weighted by Gasteiger charge is -2.34. The number of anilines is 1. The Hall–Kier alpha value is -6.04. The van der Waals surface area contributed by atoms with E-state index < -0.39 is 35.3 Å². The van der Waals surface area contributed by atoms with E-state index >= 15 is 0 Å². The molecule has 0 saturated carbocycles. The predicted octanol–water partition coefficient (Wildman–Crippen LogP) is 2.93. The average molecular weight is 659 g/mol. The van der Waals surface area contributed by atoms with Gasteiger partial charge in [-0.25, -0.2) is 24.5 Å². The number of ether oxygens (including phenoxy) is 1. The molecule has 0 bridgehead atoms. The van der Waals surface area contributed by atoms with Crippen molar-refractivity contribution in [1.29, 1.82) is 0 Å². The van der Waals surface area contributed by atoms with Crippen LogP contribution in [0.3, 0.4) is 0 Å². The van der Waals surface area contributed by atoms with E-state index in [9.17, 15) is 27.6 Å². The summed E-state index contributed by atoms with van der Waals surface area (Å²) < 4.78 is 48.8. The molecule has 5 rings (SSSR count). The molecule has 18 heteroatoms. The molecule has 47 heavy (non-hydrogen) atoms. The number of carbonyl (C=O) groups excluding carboxylic acids is 2. The molecule has 0 radical (unpaired) electrons. The summed E-state index contributed by atoms with van der Waals surface area (Å²) in [4.78, 5) is 62.5. The maximum atomic E-state index is 12.9. The topological polar surface area (TPSA) is 208 Å². The third kappa shape index (κ3) is 9.72. The van der Waals surface area contributed by atoms with Gasteiger partial charge >= 0.3 is 23.9 Å². The number of nitrogens with zero attached hydrogens (tertiary/aromatic N) is 4. The molecule has 4 N–H and O–H groups in total. The maximum Gasteiger partial charge on any atom is 0.434 e. The summed E-state index contributed by atoms with van der Waals surface area (Å²) in [5.41, 5.74) is 0.0576. The Labute approximate surface area is 262 Å². The number of carbonyl (C=O) groups is 4. The molecule has 15 nitrogen and oxygen atoms in total. The molecular weight excluding hydrogens is 633 g/mol. The van der Waals surface area contributed by atoms with Gasteiger partial charge in [0.05, 0.1) is 24.0 Å². The van der Waals surface area contributed by atoms with Gasteiger partial charge in [0.25, 0.3) is 11.8 Å². The highest BCUT2D eigenvalue weighted by molar-refractivity contribution is 6.27. The average Bonchev–Trinajstić information content (AvgIpc) is 3.46. The van der Waals surface area contributed by atoms with Crippen LogP contribution in [0.2, 0.25) is 0 Å². The molecule has 246 valence electrons. The Morgan fingerprint density at radius 3 is 2.02 bits per heavy atom. The largest absolute Gasteiger partial charge is 0.473 e. The summed E-state index contributed by atoms with van der Waals surface area (Å²) in [6.07, 6.45) is -3.13. The molecule has 3 heterocycles. The SMILES string of the molecule is O=C(Nc1ccc(Oc2ccc(C(=O)N3CCN(Cc4n[nH]c(=O)o4)CC3)cc2)nc1)c1ccc(C(F)(F)F)cc1.O=C(O)C(=O)O. The molecule has 2 aromatic heterocycles. The second-order valence-electron chi connectivity index (χ2n) is 9.73. The number of hydrogen-bond acceptors (Lipinski definition) is 10. The molecule has 0 spiro atoms. The number of carboxylic acids is 2. The lowest BCUT2D eigenvalue weighted by Crippen LogP contribution is -2.48. The highest BCUT2D eigenvalue weighted by Gasteiger charge is 2.30. The van der Waals surface area contributed by atoms with Crippen molar-refractivity contribution in [3.05, 3.63) is 100.0 Å². The Morgan fingerprint density at radius 2 is 1.51 bits per heavy atom. The molecule has 0 aliphatic carbocycles. The number of halogens is 3. The third-order valence-electron chi connectivity index (χ3n) is 6.48. The Morgan fingerprint density at radius 1 is 0.894 bits per heavy atom. The van der Waals surface area contributed by atoms with Gasteiger partial charge in [-0.05, 0) is 54.6 Å². The molecule has 1 aliphatic heterocycles. The van der Waals surface area contributed by atoms with Crippen LogP contribution < -0.4 is 15.8 Å². The summed E-state index contributed by atoms with van der Waals surface area (Å²) >= 11 is 0. The van der Waals surface area contributed by atoms with Crippen LogP contribution in [0.15, 0.2) is 76.1 Å². The van der Waals surface area contributed by atoms with Gasteiger partial charge in [-0.1, -0.05) is 0 Å². The zero-order valence-electron chi connectivity index (χ0n) is 24.1. The monoisotopic (exact) mass is 658 g/mol. The number of aromatic nitrogens is 3. The summed E-state index contributed by atoms with van der Waals surface area (Å²) in [5, 5.41) is 23.4. The fourth-order valence-electron chi connectivity index (χ4n) is 4.13. The van der Waals surface area contributed by atoms with Crippen LogP contribution in [0.4, 0.5) is 18.9 Å². The third-order valence-corrected chi connectivity index (χ3v) is 6.48. The van der Waals surface area contributed by atoms with Gasteiger partial charge in [0, 0.05) is 43.4 Å². The van der Waals surface area contributed by atoms with Crippen molar-refractivity contribution in [1.82, 2.24) is 25.0 Å². The number of H-pyrrole nitrogens is 1. The van der Waals surface area contributed by atoms with E-state index in [1.165, 1.54) is 12.3 Å². The van der Waals surface area contributed by atoms with Crippen LogP contribution in [-0.4, -0.2) is 85.1 Å². The van der Waals surface area contributed by atoms with Crippen molar-refractivity contribution < 1.29 is 51.7 Å². The molecule has 2 amide bonds. The van der Waals surface area contributed by atoms with Crippen molar-refractivity contribution >= 4 is 29.4 Å². The number of hydrogen-bond donors (Lipinski definition) is 4. The number of aliphatic carboxylic acids is 2. The van der Waals surface area contributed by atoms with Crippen molar-refractivity contribution in [2.75, 3.05) is 31.5 Å². The second kappa shape index (κ2) is 14.8. The first kappa shape index (κ1) is 33.8. The number of piperazine rings is 1. The van der Waals surface area contributed by atoms with E-state index in [0.29, 0.717) is 55.6 Å². The van der Waals surface area contributed by atoms with Crippen molar-refractivity contribution in [3.63, 3.8) is 0 Å². The standard InChI is InChI=1S/C27H23F3N6O5.C2H2O4/c28-27(29,30)19-5-1-17(2-6-19)24(37)32-20-7-10-22(31-15-20)40-21-8-3-18(4-9-21)25(38)36-13-11-35(12-14-36)16-23-33-34-26(39)41-23;3-1(4)2(5)6/h1-10,15H,11-14,16H2,(H,32,37)(H,34,39);(H,3,4)(H,5,6). The number of rotatable bonds is 7. The zero-order chi connectivity index (χ0) is 34.1. The number of carboxylic acid groups (broad SMARTS) is 2. The summed E-state index contributed by atoms with van der Waals surface area (Å²) in [5.74, 6) is -3.96. The highest BCUT2D eigenvalue weighted by atomic mass is 19.4. The Bertz CT molecular complexity index is 1750. The van der Waals surface area contributed by atoms with Gasteiger partial charge < -0.3 is 29.6 Å². The summed E-state index contributed by atoms with van der Waals surface area (Å²) in [7, 11) is 0. The van der Waals surface area contributed by atoms with E-state index in [2.05, 4.69) is 20.5 Å². The minimum atomic E-state index is -4.48. The first-order valence-electron chi connectivity index (χ1n) is 13.5. The first-order valence-corrected chi connectivity index (χ1v) is 13.5. The molecule has 2 aromatic carbocycles. The number of nitrogens with one attached hydrogen (secondary N) is 2. The van der Waals surface area contributed by atoms with Crippen molar-refractivity contribution in [2.24, 2.45) is 0 Å². The van der Waals surface area contributed by atoms with Gasteiger partial charge in [0.2, 0.25) is 11.8 Å². The van der Waals surface area contributed by atoms with Crippen LogP contribution in [-0.2, 0) is 22.3 Å². The van der Waals surface area contributed by atoms with E-state index in [0.717, 1.165) is 24.3 Å². The van der Waals surface area contributed by atoms with E-state index in [4.69, 9.17) is 29.0 Å². The molecule has 0 unspecified atom stereocenters. The summed E-state index contributed by atoms with van der Waals surface area (Å²) in [6.45, 7) is 2.62. The highest BCUT2D eigenvalue weighted by Crippen LogP contribution is 2.29. The molecule has 1 fully saturated rings. The number of aromatic amines is 1. The van der Waals surface area contributed by atoms with Crippen molar-refractivity contribution in [3.8, 4) is 11.6 Å². The van der Waals surface area contributed by atoms with Gasteiger partial charge in [-0.15, -0.1) is 5.10 Å². The maximum absolute atomic E-state index is 12.9. The fourth-order valence-corrected chi connectivity index (χ4v) is 4.13. The van der Waals surface area contributed by atoms with E-state index in [-0.39, 0.29) is 17.4 Å². The molecule has 1 saturated heterocycles. The molecule has 1 aliphatic rings. The number of alkyl halides is 3. The number of benzene rings is 2. The van der Waals surface area contributed by atoms with Gasteiger partial charge in [-0.3, -0.25) is 14.5 Å². The molecular formula is C29H25F3N6O9. The van der Waals surface area contributed by atoms with E-state index in [1.807, 2.05) is 4.90 Å². The molecule has 0 atom stereocenters. The van der Waals surface area contributed by atoms with E-state index in [1.54, 1.807) is 35.2 Å². The van der Waals surface area contributed by atoms with Gasteiger partial charge in [-0.2, -0.15) is 13.2 Å². The lowest BCUT2D eigenvalue weighted by molar-refractivity contribution is -0.159. The number of amides is 2. The molecule has 4 aromatic rings. The Kier molecular flexibility index (Phi) is 10.7. The van der Waals surface area contributed by atoms with Gasteiger partial charge in [0.1, 0.15) is 5.75 Å². The van der Waals surface area contributed by atoms with Crippen LogP contribution >= 0.6 is 0 Å². The first-order chi connectivity index (χ1) is 22.3. The second-order valence-corrected chi connectivity index (χ2v) is 9.73.